The third-order valence-corrected chi connectivity index (χ3v) is 5.21. The molecule has 2 amide bonds. The molecule has 1 saturated heterocycles. The van der Waals surface area contributed by atoms with Crippen LogP contribution in [0.5, 0.6) is 0 Å². The van der Waals surface area contributed by atoms with E-state index in [-0.39, 0.29) is 24.1 Å². The highest BCUT2D eigenvalue weighted by Gasteiger charge is 2.25. The number of hydrogen-bond acceptors (Lipinski definition) is 3. The van der Waals surface area contributed by atoms with Crippen molar-refractivity contribution in [1.29, 1.82) is 0 Å². The number of hydrogen-bond donors (Lipinski definition) is 1. The van der Waals surface area contributed by atoms with Crippen LogP contribution in [0.25, 0.3) is 0 Å². The molecule has 0 aromatic heterocycles. The average molecular weight is 397 g/mol. The molecule has 2 aromatic carbocycles. The molecule has 2 aromatic rings. The number of piperazine rings is 1. The van der Waals surface area contributed by atoms with Crippen LogP contribution >= 0.6 is 0 Å². The predicted octanol–water partition coefficient (Wildman–Crippen LogP) is 2.61. The molecular weight excluding hydrogens is 369 g/mol. The van der Waals surface area contributed by atoms with E-state index in [2.05, 4.69) is 22.3 Å². The summed E-state index contributed by atoms with van der Waals surface area (Å²) in [5, 5.41) is 2.78. The van der Waals surface area contributed by atoms with Crippen LogP contribution in [0.1, 0.15) is 24.5 Å². The molecule has 0 radical (unpaired) electrons. The molecule has 1 N–H and O–H groups in total. The lowest BCUT2D eigenvalue weighted by molar-refractivity contribution is -0.137. The van der Waals surface area contributed by atoms with Gasteiger partial charge in [-0.15, -0.1) is 0 Å². The maximum absolute atomic E-state index is 13.2. The average Bonchev–Trinajstić information content (AvgIpc) is 2.73. The summed E-state index contributed by atoms with van der Waals surface area (Å²) in [6.45, 7) is 5.57. The van der Waals surface area contributed by atoms with E-state index in [1.54, 1.807) is 19.1 Å². The largest absolute Gasteiger partial charge is 0.345 e. The van der Waals surface area contributed by atoms with Crippen molar-refractivity contribution < 1.29 is 14.0 Å². The standard InChI is InChI=1S/C23H28FN3O2/c1-18(25-22(28)11-10-19-8-5-9-21(24)16-19)23(29)27-14-12-26(13-15-27)17-20-6-3-2-4-7-20/h2-9,16,18H,10-15,17H2,1H3,(H,25,28). The van der Waals surface area contributed by atoms with Gasteiger partial charge in [0.25, 0.3) is 0 Å². The number of halogens is 1. The summed E-state index contributed by atoms with van der Waals surface area (Å²) < 4.78 is 13.2. The first kappa shape index (κ1) is 21.0. The van der Waals surface area contributed by atoms with Gasteiger partial charge in [-0.2, -0.15) is 0 Å². The van der Waals surface area contributed by atoms with Crippen LogP contribution in [0.4, 0.5) is 4.39 Å². The van der Waals surface area contributed by atoms with Crippen molar-refractivity contribution in [3.8, 4) is 0 Å². The number of aryl methyl sites for hydroxylation is 1. The fourth-order valence-electron chi connectivity index (χ4n) is 3.57. The highest BCUT2D eigenvalue weighted by molar-refractivity contribution is 5.87. The summed E-state index contributed by atoms with van der Waals surface area (Å²) in [5.74, 6) is -0.556. The third kappa shape index (κ3) is 6.39. The van der Waals surface area contributed by atoms with Gasteiger partial charge >= 0.3 is 0 Å². The Morgan fingerprint density at radius 2 is 1.69 bits per heavy atom. The summed E-state index contributed by atoms with van der Waals surface area (Å²) in [7, 11) is 0. The van der Waals surface area contributed by atoms with Crippen LogP contribution in [0.3, 0.4) is 0 Å². The minimum Gasteiger partial charge on any atom is -0.345 e. The molecule has 0 bridgehead atoms. The van der Waals surface area contributed by atoms with Crippen LogP contribution in [0.2, 0.25) is 0 Å². The van der Waals surface area contributed by atoms with Crippen LogP contribution < -0.4 is 5.32 Å². The number of amides is 2. The number of benzene rings is 2. The Hall–Kier alpha value is -2.73. The maximum atomic E-state index is 13.2. The fraction of sp³-hybridized carbons (Fsp3) is 0.391. The van der Waals surface area contributed by atoms with E-state index in [1.165, 1.54) is 17.7 Å². The van der Waals surface area contributed by atoms with Gasteiger partial charge < -0.3 is 10.2 Å². The number of carbonyl (C=O) groups is 2. The van der Waals surface area contributed by atoms with Gasteiger partial charge in [0.15, 0.2) is 0 Å². The SMILES string of the molecule is CC(NC(=O)CCc1cccc(F)c1)C(=O)N1CCN(Cc2ccccc2)CC1. The number of carbonyl (C=O) groups excluding carboxylic acids is 2. The van der Waals surface area contributed by atoms with Crippen molar-refractivity contribution >= 4 is 11.8 Å². The quantitative estimate of drug-likeness (QED) is 0.781. The normalized spacial score (nSPS) is 15.7. The maximum Gasteiger partial charge on any atom is 0.244 e. The van der Waals surface area contributed by atoms with Gasteiger partial charge in [-0.05, 0) is 36.6 Å². The third-order valence-electron chi connectivity index (χ3n) is 5.21. The Morgan fingerprint density at radius 1 is 1.00 bits per heavy atom. The lowest BCUT2D eigenvalue weighted by atomic mass is 10.1. The molecule has 3 rings (SSSR count). The van der Waals surface area contributed by atoms with Crippen LogP contribution in [-0.4, -0.2) is 53.8 Å². The molecule has 6 heteroatoms. The Morgan fingerprint density at radius 3 is 2.38 bits per heavy atom. The van der Waals surface area contributed by atoms with Crippen molar-refractivity contribution in [2.24, 2.45) is 0 Å². The Kier molecular flexibility index (Phi) is 7.36. The molecule has 0 spiro atoms. The number of nitrogens with one attached hydrogen (secondary N) is 1. The molecule has 5 nitrogen and oxygen atoms in total. The Balaban J connectivity index is 1.40. The second kappa shape index (κ2) is 10.2. The molecule has 1 aliphatic heterocycles. The van der Waals surface area contributed by atoms with Crippen molar-refractivity contribution in [3.05, 3.63) is 71.5 Å². The van der Waals surface area contributed by atoms with E-state index in [4.69, 9.17) is 0 Å². The summed E-state index contributed by atoms with van der Waals surface area (Å²) in [4.78, 5) is 29.0. The molecular formula is C23H28FN3O2. The van der Waals surface area contributed by atoms with Gasteiger partial charge in [0.05, 0.1) is 0 Å². The molecule has 1 heterocycles. The van der Waals surface area contributed by atoms with E-state index in [1.807, 2.05) is 23.1 Å². The van der Waals surface area contributed by atoms with Crippen LogP contribution in [0, 0.1) is 5.82 Å². The molecule has 1 atom stereocenters. The molecule has 0 saturated carbocycles. The van der Waals surface area contributed by atoms with Gasteiger partial charge in [0.2, 0.25) is 11.8 Å². The molecule has 154 valence electrons. The molecule has 1 fully saturated rings. The second-order valence-electron chi connectivity index (χ2n) is 7.51. The van der Waals surface area contributed by atoms with Crippen LogP contribution in [-0.2, 0) is 22.6 Å². The smallest absolute Gasteiger partial charge is 0.244 e. The molecule has 1 aliphatic rings. The van der Waals surface area contributed by atoms with Gasteiger partial charge in [-0.3, -0.25) is 14.5 Å². The van der Waals surface area contributed by atoms with E-state index in [0.29, 0.717) is 19.5 Å². The molecule has 0 aliphatic carbocycles. The van der Waals surface area contributed by atoms with Crippen molar-refractivity contribution in [3.63, 3.8) is 0 Å². The van der Waals surface area contributed by atoms with E-state index < -0.39 is 6.04 Å². The van der Waals surface area contributed by atoms with Gasteiger partial charge in [0, 0.05) is 39.1 Å². The lowest BCUT2D eigenvalue weighted by Crippen LogP contribution is -2.53. The van der Waals surface area contributed by atoms with Gasteiger partial charge in [0.1, 0.15) is 11.9 Å². The molecule has 29 heavy (non-hydrogen) atoms. The first-order chi connectivity index (χ1) is 14.0. The van der Waals surface area contributed by atoms with Crippen molar-refractivity contribution in [2.75, 3.05) is 26.2 Å². The Bertz CT molecular complexity index is 820. The zero-order valence-electron chi connectivity index (χ0n) is 16.8. The minimum absolute atomic E-state index is 0.0523. The first-order valence-electron chi connectivity index (χ1n) is 10.1. The highest BCUT2D eigenvalue weighted by atomic mass is 19.1. The van der Waals surface area contributed by atoms with E-state index in [0.717, 1.165) is 25.2 Å². The fourth-order valence-corrected chi connectivity index (χ4v) is 3.57. The number of rotatable bonds is 7. The predicted molar refractivity (Wildman–Crippen MR) is 111 cm³/mol. The van der Waals surface area contributed by atoms with Crippen molar-refractivity contribution in [2.45, 2.75) is 32.4 Å². The Labute approximate surface area is 171 Å². The zero-order valence-corrected chi connectivity index (χ0v) is 16.8. The van der Waals surface area contributed by atoms with Crippen LogP contribution in [0.15, 0.2) is 54.6 Å². The topological polar surface area (TPSA) is 52.7 Å². The van der Waals surface area contributed by atoms with Crippen molar-refractivity contribution in [1.82, 2.24) is 15.1 Å². The number of nitrogens with zero attached hydrogens (tertiary/aromatic N) is 2. The summed E-state index contributed by atoms with van der Waals surface area (Å²) in [5.41, 5.74) is 2.04. The van der Waals surface area contributed by atoms with E-state index in [9.17, 15) is 14.0 Å². The van der Waals surface area contributed by atoms with Gasteiger partial charge in [-0.1, -0.05) is 42.5 Å². The summed E-state index contributed by atoms with van der Waals surface area (Å²) >= 11 is 0. The zero-order chi connectivity index (χ0) is 20.6. The monoisotopic (exact) mass is 397 g/mol. The second-order valence-corrected chi connectivity index (χ2v) is 7.51. The highest BCUT2D eigenvalue weighted by Crippen LogP contribution is 2.10. The van der Waals surface area contributed by atoms with Gasteiger partial charge in [-0.25, -0.2) is 4.39 Å². The summed E-state index contributed by atoms with van der Waals surface area (Å²) in [6, 6.07) is 16.0. The molecule has 1 unspecified atom stereocenters. The minimum atomic E-state index is -0.560. The lowest BCUT2D eigenvalue weighted by Gasteiger charge is -2.36. The summed E-state index contributed by atoms with van der Waals surface area (Å²) in [6.07, 6.45) is 0.675. The van der Waals surface area contributed by atoms with E-state index >= 15 is 0 Å². The first-order valence-corrected chi connectivity index (χ1v) is 10.1.